The van der Waals surface area contributed by atoms with Gasteiger partial charge in [-0.25, -0.2) is 13.1 Å². The fraction of sp³-hybridized carbons (Fsp3) is 0.600. The molecule has 120 valence electrons. The Hall–Kier alpha value is -0.950. The van der Waals surface area contributed by atoms with Gasteiger partial charge in [-0.15, -0.1) is 0 Å². The Kier molecular flexibility index (Phi) is 6.80. The molecule has 1 rings (SSSR count). The van der Waals surface area contributed by atoms with Gasteiger partial charge in [0.05, 0.1) is 18.1 Å². The second-order valence-electron chi connectivity index (χ2n) is 5.18. The van der Waals surface area contributed by atoms with Gasteiger partial charge in [-0.3, -0.25) is 0 Å². The number of aliphatic hydroxyl groups excluding tert-OH is 1. The summed E-state index contributed by atoms with van der Waals surface area (Å²) in [7, 11) is -3.51. The van der Waals surface area contributed by atoms with Gasteiger partial charge in [0, 0.05) is 13.2 Å². The van der Waals surface area contributed by atoms with Gasteiger partial charge >= 0.3 is 0 Å². The first kappa shape index (κ1) is 18.1. The summed E-state index contributed by atoms with van der Waals surface area (Å²) in [5.74, 6) is 0. The number of ether oxygens (including phenoxy) is 1. The molecule has 0 fully saturated rings. The van der Waals surface area contributed by atoms with Crippen LogP contribution in [0, 0.1) is 27.7 Å². The van der Waals surface area contributed by atoms with Gasteiger partial charge in [0.15, 0.2) is 0 Å². The number of sulfonamides is 1. The topological polar surface area (TPSA) is 75.6 Å². The van der Waals surface area contributed by atoms with Gasteiger partial charge in [-0.1, -0.05) is 6.07 Å². The first-order chi connectivity index (χ1) is 9.81. The highest BCUT2D eigenvalue weighted by atomic mass is 32.2. The summed E-state index contributed by atoms with van der Waals surface area (Å²) in [6, 6.07) is 2.01. The molecule has 1 aromatic rings. The molecule has 0 bridgehead atoms. The lowest BCUT2D eigenvalue weighted by Gasteiger charge is -2.16. The molecule has 1 aromatic carbocycles. The molecule has 0 heterocycles. The highest BCUT2D eigenvalue weighted by molar-refractivity contribution is 7.89. The molecular weight excluding hydrogens is 290 g/mol. The molecule has 0 aliphatic rings. The number of aliphatic hydroxyl groups is 1. The maximum atomic E-state index is 12.5. The molecule has 0 spiro atoms. The van der Waals surface area contributed by atoms with E-state index in [1.807, 2.05) is 33.8 Å². The van der Waals surface area contributed by atoms with Crippen LogP contribution >= 0.6 is 0 Å². The third-order valence-electron chi connectivity index (χ3n) is 3.56. The number of hydrogen-bond acceptors (Lipinski definition) is 4. The van der Waals surface area contributed by atoms with Gasteiger partial charge in [0.2, 0.25) is 10.0 Å². The van der Waals surface area contributed by atoms with E-state index in [9.17, 15) is 8.42 Å². The third-order valence-corrected chi connectivity index (χ3v) is 5.29. The van der Waals surface area contributed by atoms with E-state index in [2.05, 4.69) is 4.72 Å². The van der Waals surface area contributed by atoms with Gasteiger partial charge in [0.25, 0.3) is 0 Å². The van der Waals surface area contributed by atoms with Crippen LogP contribution in [0.2, 0.25) is 0 Å². The van der Waals surface area contributed by atoms with E-state index in [1.165, 1.54) is 0 Å². The van der Waals surface area contributed by atoms with Crippen molar-refractivity contribution in [3.8, 4) is 0 Å². The van der Waals surface area contributed by atoms with Crippen LogP contribution in [0.25, 0.3) is 0 Å². The Bertz CT molecular complexity index is 556. The van der Waals surface area contributed by atoms with Crippen molar-refractivity contribution >= 4 is 10.0 Å². The van der Waals surface area contributed by atoms with Crippen LogP contribution in [0.15, 0.2) is 11.0 Å². The SMILES string of the molecule is Cc1cc(C)c(C)c(S(=O)(=O)NCCCOCCO)c1C. The zero-order valence-corrected chi connectivity index (χ0v) is 14.0. The van der Waals surface area contributed by atoms with E-state index in [-0.39, 0.29) is 13.2 Å². The van der Waals surface area contributed by atoms with E-state index < -0.39 is 10.0 Å². The summed E-state index contributed by atoms with van der Waals surface area (Å²) in [5.41, 5.74) is 3.54. The summed E-state index contributed by atoms with van der Waals surface area (Å²) in [6.45, 7) is 8.51. The Morgan fingerprint density at radius 3 is 2.19 bits per heavy atom. The summed E-state index contributed by atoms with van der Waals surface area (Å²) in [5, 5.41) is 8.58. The van der Waals surface area contributed by atoms with E-state index in [0.29, 0.717) is 24.5 Å². The summed E-state index contributed by atoms with van der Waals surface area (Å²) in [6.07, 6.45) is 0.572. The number of aryl methyl sites for hydroxylation is 2. The fourth-order valence-corrected chi connectivity index (χ4v) is 3.89. The Labute approximate surface area is 127 Å². The van der Waals surface area contributed by atoms with Gasteiger partial charge < -0.3 is 9.84 Å². The number of nitrogens with one attached hydrogen (secondary N) is 1. The molecule has 0 amide bonds. The van der Waals surface area contributed by atoms with Gasteiger partial charge in [0.1, 0.15) is 0 Å². The van der Waals surface area contributed by atoms with Crippen molar-refractivity contribution in [2.45, 2.75) is 39.0 Å². The van der Waals surface area contributed by atoms with Crippen LogP contribution in [-0.2, 0) is 14.8 Å². The standard InChI is InChI=1S/C15H25NO4S/c1-11-10-12(2)14(4)15(13(11)3)21(18,19)16-6-5-8-20-9-7-17/h10,16-17H,5-9H2,1-4H3. The molecule has 0 aromatic heterocycles. The summed E-state index contributed by atoms with van der Waals surface area (Å²) < 4.78 is 32.7. The summed E-state index contributed by atoms with van der Waals surface area (Å²) in [4.78, 5) is 0.385. The average molecular weight is 315 g/mol. The molecule has 0 aliphatic heterocycles. The molecule has 0 atom stereocenters. The highest BCUT2D eigenvalue weighted by Crippen LogP contribution is 2.25. The smallest absolute Gasteiger partial charge is 0.241 e. The van der Waals surface area contributed by atoms with E-state index >= 15 is 0 Å². The van der Waals surface area contributed by atoms with Crippen LogP contribution in [0.1, 0.15) is 28.7 Å². The quantitative estimate of drug-likeness (QED) is 0.715. The van der Waals surface area contributed by atoms with Crippen molar-refractivity contribution in [2.75, 3.05) is 26.4 Å². The minimum atomic E-state index is -3.51. The largest absolute Gasteiger partial charge is 0.394 e. The first-order valence-corrected chi connectivity index (χ1v) is 8.55. The van der Waals surface area contributed by atoms with Crippen LogP contribution in [0.5, 0.6) is 0 Å². The van der Waals surface area contributed by atoms with Crippen molar-refractivity contribution in [3.63, 3.8) is 0 Å². The zero-order chi connectivity index (χ0) is 16.0. The molecule has 0 unspecified atom stereocenters. The van der Waals surface area contributed by atoms with Crippen LogP contribution in [-0.4, -0.2) is 39.9 Å². The second-order valence-corrected chi connectivity index (χ2v) is 6.88. The van der Waals surface area contributed by atoms with Crippen LogP contribution in [0.3, 0.4) is 0 Å². The molecule has 6 heteroatoms. The molecule has 0 radical (unpaired) electrons. The van der Waals surface area contributed by atoms with Crippen LogP contribution < -0.4 is 4.72 Å². The number of benzene rings is 1. The molecule has 0 aliphatic carbocycles. The van der Waals surface area contributed by atoms with E-state index in [0.717, 1.165) is 22.3 Å². The van der Waals surface area contributed by atoms with Crippen molar-refractivity contribution in [1.82, 2.24) is 4.72 Å². The molecule has 2 N–H and O–H groups in total. The van der Waals surface area contributed by atoms with Crippen molar-refractivity contribution in [3.05, 3.63) is 28.3 Å². The minimum Gasteiger partial charge on any atom is -0.394 e. The van der Waals surface area contributed by atoms with Crippen molar-refractivity contribution in [2.24, 2.45) is 0 Å². The predicted molar refractivity (Wildman–Crippen MR) is 83.1 cm³/mol. The minimum absolute atomic E-state index is 0.0211. The third kappa shape index (κ3) is 4.78. The van der Waals surface area contributed by atoms with Crippen molar-refractivity contribution < 1.29 is 18.3 Å². The van der Waals surface area contributed by atoms with Crippen molar-refractivity contribution in [1.29, 1.82) is 0 Å². The Balaban J connectivity index is 2.80. The normalized spacial score (nSPS) is 11.9. The van der Waals surface area contributed by atoms with Gasteiger partial charge in [-0.2, -0.15) is 0 Å². The predicted octanol–water partition coefficient (Wildman–Crippen LogP) is 1.60. The first-order valence-electron chi connectivity index (χ1n) is 7.07. The monoisotopic (exact) mass is 315 g/mol. The number of hydrogen-bond donors (Lipinski definition) is 2. The Morgan fingerprint density at radius 2 is 1.67 bits per heavy atom. The van der Waals surface area contributed by atoms with E-state index in [1.54, 1.807) is 0 Å². The summed E-state index contributed by atoms with van der Waals surface area (Å²) >= 11 is 0. The average Bonchev–Trinajstić information content (AvgIpc) is 2.40. The molecular formula is C15H25NO4S. The fourth-order valence-electron chi connectivity index (χ4n) is 2.20. The lowest BCUT2D eigenvalue weighted by molar-refractivity contribution is 0.0913. The molecule has 21 heavy (non-hydrogen) atoms. The van der Waals surface area contributed by atoms with Gasteiger partial charge in [-0.05, 0) is 56.4 Å². The molecule has 0 saturated carbocycles. The lowest BCUT2D eigenvalue weighted by atomic mass is 10.0. The lowest BCUT2D eigenvalue weighted by Crippen LogP contribution is -2.27. The maximum Gasteiger partial charge on any atom is 0.241 e. The van der Waals surface area contributed by atoms with Crippen LogP contribution in [0.4, 0.5) is 0 Å². The Morgan fingerprint density at radius 1 is 1.10 bits per heavy atom. The zero-order valence-electron chi connectivity index (χ0n) is 13.2. The highest BCUT2D eigenvalue weighted by Gasteiger charge is 2.21. The molecule has 0 saturated heterocycles. The number of rotatable bonds is 8. The van der Waals surface area contributed by atoms with E-state index in [4.69, 9.17) is 9.84 Å². The second kappa shape index (κ2) is 7.89. The molecule has 5 nitrogen and oxygen atoms in total. The maximum absolute atomic E-state index is 12.5.